The molecule has 0 unspecified atom stereocenters. The molecule has 0 bridgehead atoms. The highest BCUT2D eigenvalue weighted by atomic mass is 19.1. The lowest BCUT2D eigenvalue weighted by atomic mass is 9.95. The number of aromatic nitrogens is 2. The summed E-state index contributed by atoms with van der Waals surface area (Å²) >= 11 is 0. The first-order valence-corrected chi connectivity index (χ1v) is 7.93. The maximum absolute atomic E-state index is 12.8. The number of hydrogen-bond donors (Lipinski definition) is 1. The second-order valence-electron chi connectivity index (χ2n) is 5.78. The van der Waals surface area contributed by atoms with Crippen LogP contribution in [0, 0.1) is 5.82 Å². The van der Waals surface area contributed by atoms with Crippen LogP contribution in [0.15, 0.2) is 36.5 Å². The van der Waals surface area contributed by atoms with E-state index < -0.39 is 0 Å². The van der Waals surface area contributed by atoms with Gasteiger partial charge < -0.3 is 10.1 Å². The number of carbonyl (C=O) groups excluding carboxylic acids is 1. The summed E-state index contributed by atoms with van der Waals surface area (Å²) < 4.78 is 19.8. The molecule has 6 heteroatoms. The third kappa shape index (κ3) is 4.31. The number of hydrogen-bond acceptors (Lipinski definition) is 3. The third-order valence-corrected chi connectivity index (χ3v) is 3.99. The van der Waals surface area contributed by atoms with Gasteiger partial charge in [0.15, 0.2) is 6.73 Å². The van der Waals surface area contributed by atoms with E-state index in [1.54, 1.807) is 29.1 Å². The van der Waals surface area contributed by atoms with Crippen molar-refractivity contribution in [2.24, 2.45) is 0 Å². The molecule has 0 saturated heterocycles. The van der Waals surface area contributed by atoms with E-state index in [4.69, 9.17) is 4.74 Å². The van der Waals surface area contributed by atoms with Crippen LogP contribution in [0.1, 0.15) is 42.6 Å². The normalized spacial score (nSPS) is 15.3. The molecule has 0 atom stereocenters. The lowest BCUT2D eigenvalue weighted by molar-refractivity contribution is 0.0920. The van der Waals surface area contributed by atoms with Gasteiger partial charge >= 0.3 is 0 Å². The summed E-state index contributed by atoms with van der Waals surface area (Å²) in [6, 6.07) is 7.71. The molecule has 2 aromatic rings. The second-order valence-corrected chi connectivity index (χ2v) is 5.78. The van der Waals surface area contributed by atoms with E-state index in [9.17, 15) is 9.18 Å². The van der Waals surface area contributed by atoms with Crippen molar-refractivity contribution < 1.29 is 13.9 Å². The first-order valence-electron chi connectivity index (χ1n) is 7.93. The maximum atomic E-state index is 12.8. The van der Waals surface area contributed by atoms with E-state index in [2.05, 4.69) is 10.4 Å². The van der Waals surface area contributed by atoms with Crippen LogP contribution >= 0.6 is 0 Å². The fourth-order valence-corrected chi connectivity index (χ4v) is 2.73. The van der Waals surface area contributed by atoms with Crippen molar-refractivity contribution in [1.82, 2.24) is 15.1 Å². The average Bonchev–Trinajstić information content (AvgIpc) is 3.04. The highest BCUT2D eigenvalue weighted by Gasteiger charge is 2.18. The van der Waals surface area contributed by atoms with Gasteiger partial charge in [0, 0.05) is 12.2 Å². The molecule has 1 aliphatic rings. The highest BCUT2D eigenvalue weighted by Crippen LogP contribution is 2.17. The Morgan fingerprint density at radius 3 is 2.70 bits per heavy atom. The van der Waals surface area contributed by atoms with E-state index >= 15 is 0 Å². The lowest BCUT2D eigenvalue weighted by Gasteiger charge is -2.22. The van der Waals surface area contributed by atoms with Crippen molar-refractivity contribution in [3.8, 4) is 5.75 Å². The van der Waals surface area contributed by atoms with Crippen LogP contribution in [-0.2, 0) is 6.73 Å². The van der Waals surface area contributed by atoms with Crippen LogP contribution in [0.3, 0.4) is 0 Å². The zero-order valence-corrected chi connectivity index (χ0v) is 12.9. The monoisotopic (exact) mass is 317 g/mol. The van der Waals surface area contributed by atoms with E-state index in [1.165, 1.54) is 31.4 Å². The molecule has 1 aromatic heterocycles. The molecule has 1 aliphatic carbocycles. The van der Waals surface area contributed by atoms with Gasteiger partial charge in [-0.15, -0.1) is 0 Å². The van der Waals surface area contributed by atoms with E-state index in [1.807, 2.05) is 0 Å². The van der Waals surface area contributed by atoms with Crippen LogP contribution in [-0.4, -0.2) is 21.7 Å². The Bertz CT molecular complexity index is 648. The summed E-state index contributed by atoms with van der Waals surface area (Å²) in [7, 11) is 0. The van der Waals surface area contributed by atoms with Gasteiger partial charge in [-0.1, -0.05) is 19.3 Å². The Morgan fingerprint density at radius 2 is 1.96 bits per heavy atom. The van der Waals surface area contributed by atoms with Gasteiger partial charge in [-0.3, -0.25) is 4.79 Å². The smallest absolute Gasteiger partial charge is 0.271 e. The number of ether oxygens (including phenoxy) is 1. The molecule has 23 heavy (non-hydrogen) atoms. The van der Waals surface area contributed by atoms with Crippen molar-refractivity contribution in [2.45, 2.75) is 44.9 Å². The maximum Gasteiger partial charge on any atom is 0.271 e. The van der Waals surface area contributed by atoms with Crippen molar-refractivity contribution >= 4 is 5.91 Å². The molecule has 1 heterocycles. The largest absolute Gasteiger partial charge is 0.471 e. The molecule has 5 nitrogen and oxygen atoms in total. The second kappa shape index (κ2) is 7.26. The first kappa shape index (κ1) is 15.5. The van der Waals surface area contributed by atoms with Crippen LogP contribution in [0.25, 0.3) is 0 Å². The fraction of sp³-hybridized carbons (Fsp3) is 0.412. The quantitative estimate of drug-likeness (QED) is 0.922. The molecule has 0 aliphatic heterocycles. The minimum absolute atomic E-state index is 0.141. The number of nitrogens with one attached hydrogen (secondary N) is 1. The van der Waals surface area contributed by atoms with Crippen LogP contribution in [0.4, 0.5) is 4.39 Å². The standard InChI is InChI=1S/C17H20FN3O2/c18-13-6-8-15(9-7-13)23-12-21-11-10-16(20-21)17(22)19-14-4-2-1-3-5-14/h6-11,14H,1-5,12H2,(H,19,22). The highest BCUT2D eigenvalue weighted by molar-refractivity contribution is 5.92. The number of rotatable bonds is 5. The molecule has 1 saturated carbocycles. The van der Waals surface area contributed by atoms with Crippen molar-refractivity contribution in [2.75, 3.05) is 0 Å². The molecule has 3 rings (SSSR count). The number of benzene rings is 1. The molecular weight excluding hydrogens is 297 g/mol. The predicted molar refractivity (Wildman–Crippen MR) is 83.6 cm³/mol. The van der Waals surface area contributed by atoms with Gasteiger partial charge in [0.2, 0.25) is 0 Å². The first-order chi connectivity index (χ1) is 11.2. The molecule has 122 valence electrons. The van der Waals surface area contributed by atoms with E-state index in [-0.39, 0.29) is 24.5 Å². The van der Waals surface area contributed by atoms with Crippen LogP contribution in [0.5, 0.6) is 5.75 Å². The molecule has 0 radical (unpaired) electrons. The Hall–Kier alpha value is -2.37. The van der Waals surface area contributed by atoms with E-state index in [0.717, 1.165) is 12.8 Å². The van der Waals surface area contributed by atoms with Crippen molar-refractivity contribution in [3.05, 3.63) is 48.0 Å². The van der Waals surface area contributed by atoms with Gasteiger partial charge in [0.1, 0.15) is 17.3 Å². The molecule has 1 amide bonds. The number of halogens is 1. The lowest BCUT2D eigenvalue weighted by Crippen LogP contribution is -2.36. The predicted octanol–water partition coefficient (Wildman–Crippen LogP) is 3.12. The summed E-state index contributed by atoms with van der Waals surface area (Å²) in [6.45, 7) is 0.169. The SMILES string of the molecule is O=C(NC1CCCCC1)c1ccn(COc2ccc(F)cc2)n1. The van der Waals surface area contributed by atoms with Gasteiger partial charge in [0.05, 0.1) is 0 Å². The molecule has 1 aromatic carbocycles. The van der Waals surface area contributed by atoms with Gasteiger partial charge in [-0.05, 0) is 43.2 Å². The van der Waals surface area contributed by atoms with Crippen molar-refractivity contribution in [1.29, 1.82) is 0 Å². The summed E-state index contributed by atoms with van der Waals surface area (Å²) in [5.74, 6) is 0.102. The molecule has 0 spiro atoms. The van der Waals surface area contributed by atoms with Gasteiger partial charge in [0.25, 0.3) is 5.91 Å². The Kier molecular flexibility index (Phi) is 4.90. The fourth-order valence-electron chi connectivity index (χ4n) is 2.73. The topological polar surface area (TPSA) is 56.2 Å². The Balaban J connectivity index is 1.52. The summed E-state index contributed by atoms with van der Waals surface area (Å²) in [5, 5.41) is 7.25. The van der Waals surface area contributed by atoms with Crippen LogP contribution in [0.2, 0.25) is 0 Å². The minimum Gasteiger partial charge on any atom is -0.471 e. The minimum atomic E-state index is -0.307. The summed E-state index contributed by atoms with van der Waals surface area (Å²) in [4.78, 5) is 12.2. The average molecular weight is 317 g/mol. The van der Waals surface area contributed by atoms with Crippen molar-refractivity contribution in [3.63, 3.8) is 0 Å². The van der Waals surface area contributed by atoms with E-state index in [0.29, 0.717) is 11.4 Å². The summed E-state index contributed by atoms with van der Waals surface area (Å²) in [6.07, 6.45) is 7.37. The number of amides is 1. The van der Waals surface area contributed by atoms with Gasteiger partial charge in [-0.25, -0.2) is 9.07 Å². The summed E-state index contributed by atoms with van der Waals surface area (Å²) in [5.41, 5.74) is 0.387. The van der Waals surface area contributed by atoms with Crippen LogP contribution < -0.4 is 10.1 Å². The Labute approximate surface area is 134 Å². The zero-order chi connectivity index (χ0) is 16.1. The van der Waals surface area contributed by atoms with Gasteiger partial charge in [-0.2, -0.15) is 5.10 Å². The number of nitrogens with zero attached hydrogens (tertiary/aromatic N) is 2. The molecule has 1 fully saturated rings. The Morgan fingerprint density at radius 1 is 1.22 bits per heavy atom. The number of carbonyl (C=O) groups is 1. The molecular formula is C17H20FN3O2. The third-order valence-electron chi connectivity index (χ3n) is 3.99. The zero-order valence-electron chi connectivity index (χ0n) is 12.9. The molecule has 1 N–H and O–H groups in total.